The molecule has 0 aromatic carbocycles. The van der Waals surface area contributed by atoms with Gasteiger partial charge in [0.05, 0.1) is 18.5 Å². The van der Waals surface area contributed by atoms with E-state index in [-0.39, 0.29) is 25.3 Å². The molecule has 1 aliphatic heterocycles. The summed E-state index contributed by atoms with van der Waals surface area (Å²) in [5, 5.41) is 14.2. The Bertz CT molecular complexity index is 531. The molecule has 0 radical (unpaired) electrons. The van der Waals surface area contributed by atoms with Crippen molar-refractivity contribution in [1.82, 2.24) is 10.3 Å². The Morgan fingerprint density at radius 2 is 2.47 bits per heavy atom. The van der Waals surface area contributed by atoms with Crippen LogP contribution in [0.15, 0.2) is 16.7 Å². The Morgan fingerprint density at radius 3 is 3.11 bits per heavy atom. The van der Waals surface area contributed by atoms with E-state index in [1.807, 2.05) is 6.07 Å². The van der Waals surface area contributed by atoms with E-state index >= 15 is 0 Å². The summed E-state index contributed by atoms with van der Waals surface area (Å²) in [6.45, 7) is 0.190. The zero-order valence-corrected chi connectivity index (χ0v) is 11.6. The zero-order chi connectivity index (χ0) is 13.8. The van der Waals surface area contributed by atoms with Crippen molar-refractivity contribution in [1.29, 1.82) is 5.26 Å². The summed E-state index contributed by atoms with van der Waals surface area (Å²) in [5.74, 6) is 0.00923. The van der Waals surface area contributed by atoms with Crippen LogP contribution in [-0.2, 0) is 11.2 Å². The van der Waals surface area contributed by atoms with Crippen LogP contribution in [0.4, 0.5) is 10.2 Å². The second kappa shape index (κ2) is 6.08. The van der Waals surface area contributed by atoms with Crippen LogP contribution in [-0.4, -0.2) is 29.6 Å². The van der Waals surface area contributed by atoms with Crippen molar-refractivity contribution >= 4 is 27.7 Å². The summed E-state index contributed by atoms with van der Waals surface area (Å²) in [7, 11) is 0. The van der Waals surface area contributed by atoms with Gasteiger partial charge >= 0.3 is 0 Å². The van der Waals surface area contributed by atoms with Gasteiger partial charge in [0.15, 0.2) is 0 Å². The summed E-state index contributed by atoms with van der Waals surface area (Å²) in [6, 6.07) is 4.88. The molecule has 7 heteroatoms. The molecule has 2 atom stereocenters. The molecule has 0 aliphatic carbocycles. The van der Waals surface area contributed by atoms with E-state index < -0.39 is 12.2 Å². The van der Waals surface area contributed by atoms with Gasteiger partial charge in [-0.2, -0.15) is 5.26 Å². The number of aromatic nitrogens is 1. The predicted molar refractivity (Wildman–Crippen MR) is 71.2 cm³/mol. The fraction of sp³-hybridized carbons (Fsp3) is 0.417. The van der Waals surface area contributed by atoms with Crippen molar-refractivity contribution in [3.63, 3.8) is 0 Å². The number of carbonyl (C=O) groups is 1. The monoisotopic (exact) mass is 326 g/mol. The molecule has 1 amide bonds. The lowest BCUT2D eigenvalue weighted by atomic mass is 10.1. The van der Waals surface area contributed by atoms with Crippen LogP contribution in [0.25, 0.3) is 0 Å². The first-order valence-corrected chi connectivity index (χ1v) is 6.60. The van der Waals surface area contributed by atoms with Gasteiger partial charge in [-0.15, -0.1) is 0 Å². The Labute approximate surface area is 118 Å². The molecule has 0 bridgehead atoms. The summed E-state index contributed by atoms with van der Waals surface area (Å²) in [6.07, 6.45) is -0.683. The summed E-state index contributed by atoms with van der Waals surface area (Å²) < 4.78 is 13.6. The minimum Gasteiger partial charge on any atom is -0.309 e. The number of rotatable bonds is 3. The number of nitrogens with zero attached hydrogens (tertiary/aromatic N) is 2. The van der Waals surface area contributed by atoms with Crippen LogP contribution in [0.5, 0.6) is 0 Å². The van der Waals surface area contributed by atoms with Crippen molar-refractivity contribution < 1.29 is 9.18 Å². The molecule has 2 heterocycles. The lowest BCUT2D eigenvalue weighted by molar-refractivity contribution is -0.117. The molecule has 0 saturated carbocycles. The van der Waals surface area contributed by atoms with E-state index in [0.29, 0.717) is 16.0 Å². The molecular formula is C12H12BrFN4O. The highest BCUT2D eigenvalue weighted by atomic mass is 79.9. The third-order valence-electron chi connectivity index (χ3n) is 2.85. The smallest absolute Gasteiger partial charge is 0.242 e. The van der Waals surface area contributed by atoms with Crippen LogP contribution in [0.3, 0.4) is 0 Å². The molecule has 2 rings (SSSR count). The second-order valence-corrected chi connectivity index (χ2v) is 5.07. The first-order valence-electron chi connectivity index (χ1n) is 5.81. The minimum absolute atomic E-state index is 0.153. The van der Waals surface area contributed by atoms with E-state index in [1.54, 1.807) is 12.1 Å². The number of nitrogens with one attached hydrogen (secondary N) is 2. The Balaban J connectivity index is 2.11. The Kier molecular flexibility index (Phi) is 4.45. The van der Waals surface area contributed by atoms with Crippen molar-refractivity contribution in [2.24, 2.45) is 0 Å². The molecule has 1 aromatic heterocycles. The van der Waals surface area contributed by atoms with E-state index in [0.717, 1.165) is 0 Å². The van der Waals surface area contributed by atoms with Crippen molar-refractivity contribution in [3.05, 3.63) is 22.3 Å². The third-order valence-corrected chi connectivity index (χ3v) is 3.29. The standard InChI is InChI=1S/C12H12BrFN4O/c13-10-2-1-7(3-4-15)11(17-10)18-12(19)9-5-8(14)6-16-9/h1-2,8-9,16H,3,5-6H2,(H,17,18,19)/t8-,9+/m1/s1. The van der Waals surface area contributed by atoms with Gasteiger partial charge in [0.2, 0.25) is 5.91 Å². The number of nitriles is 1. The van der Waals surface area contributed by atoms with Crippen molar-refractivity contribution in [3.8, 4) is 6.07 Å². The topological polar surface area (TPSA) is 77.8 Å². The number of hydrogen-bond donors (Lipinski definition) is 2. The highest BCUT2D eigenvalue weighted by Crippen LogP contribution is 2.19. The molecule has 0 spiro atoms. The number of amides is 1. The number of alkyl halides is 1. The van der Waals surface area contributed by atoms with Gasteiger partial charge in [-0.3, -0.25) is 4.79 Å². The maximum atomic E-state index is 13.0. The van der Waals surface area contributed by atoms with Crippen LogP contribution in [0.2, 0.25) is 0 Å². The lowest BCUT2D eigenvalue weighted by Crippen LogP contribution is -2.36. The lowest BCUT2D eigenvalue weighted by Gasteiger charge is -2.12. The molecule has 1 aliphatic rings. The average molecular weight is 327 g/mol. The molecule has 1 aromatic rings. The number of anilines is 1. The molecule has 0 unspecified atom stereocenters. The summed E-state index contributed by atoms with van der Waals surface area (Å²) in [4.78, 5) is 16.1. The molecule has 1 saturated heterocycles. The van der Waals surface area contributed by atoms with Crippen molar-refractivity contribution in [2.75, 3.05) is 11.9 Å². The van der Waals surface area contributed by atoms with Gasteiger partial charge in [0, 0.05) is 18.5 Å². The Morgan fingerprint density at radius 1 is 1.68 bits per heavy atom. The number of halogens is 2. The van der Waals surface area contributed by atoms with Gasteiger partial charge < -0.3 is 10.6 Å². The van der Waals surface area contributed by atoms with Gasteiger partial charge in [0.25, 0.3) is 0 Å². The van der Waals surface area contributed by atoms with E-state index in [2.05, 4.69) is 31.5 Å². The fourth-order valence-electron chi connectivity index (χ4n) is 1.90. The van der Waals surface area contributed by atoms with Crippen LogP contribution in [0, 0.1) is 11.3 Å². The first-order chi connectivity index (χ1) is 9.10. The highest BCUT2D eigenvalue weighted by Gasteiger charge is 2.29. The maximum absolute atomic E-state index is 13.0. The predicted octanol–water partition coefficient (Wildman–Crippen LogP) is 1.55. The third kappa shape index (κ3) is 3.49. The number of carbonyl (C=O) groups excluding carboxylic acids is 1. The minimum atomic E-state index is -0.996. The number of pyridine rings is 1. The average Bonchev–Trinajstić information content (AvgIpc) is 2.80. The molecule has 19 heavy (non-hydrogen) atoms. The van der Waals surface area contributed by atoms with Gasteiger partial charge in [-0.1, -0.05) is 6.07 Å². The number of hydrogen-bond acceptors (Lipinski definition) is 4. The van der Waals surface area contributed by atoms with E-state index in [4.69, 9.17) is 5.26 Å². The highest BCUT2D eigenvalue weighted by molar-refractivity contribution is 9.10. The molecule has 5 nitrogen and oxygen atoms in total. The molecular weight excluding hydrogens is 315 g/mol. The zero-order valence-electron chi connectivity index (χ0n) is 9.99. The quantitative estimate of drug-likeness (QED) is 0.826. The maximum Gasteiger partial charge on any atom is 0.242 e. The van der Waals surface area contributed by atoms with Gasteiger partial charge in [-0.05, 0) is 22.0 Å². The summed E-state index contributed by atoms with van der Waals surface area (Å²) >= 11 is 3.21. The van der Waals surface area contributed by atoms with E-state index in [9.17, 15) is 9.18 Å². The normalized spacial score (nSPS) is 21.9. The Hall–Kier alpha value is -1.52. The fourth-order valence-corrected chi connectivity index (χ4v) is 2.21. The molecule has 100 valence electrons. The van der Waals surface area contributed by atoms with Crippen LogP contribution < -0.4 is 10.6 Å². The molecule has 1 fully saturated rings. The summed E-state index contributed by atoms with van der Waals surface area (Å²) in [5.41, 5.74) is 0.633. The van der Waals surface area contributed by atoms with Crippen molar-refractivity contribution in [2.45, 2.75) is 25.1 Å². The van der Waals surface area contributed by atoms with Crippen LogP contribution in [0.1, 0.15) is 12.0 Å². The SMILES string of the molecule is N#CCc1ccc(Br)nc1NC(=O)[C@@H]1C[C@@H](F)CN1. The van der Waals surface area contributed by atoms with Gasteiger partial charge in [-0.25, -0.2) is 9.37 Å². The van der Waals surface area contributed by atoms with Gasteiger partial charge in [0.1, 0.15) is 16.6 Å². The first kappa shape index (κ1) is 13.9. The van der Waals surface area contributed by atoms with Crippen LogP contribution >= 0.6 is 15.9 Å². The largest absolute Gasteiger partial charge is 0.309 e. The molecule has 2 N–H and O–H groups in total. The van der Waals surface area contributed by atoms with E-state index in [1.165, 1.54) is 0 Å². The second-order valence-electron chi connectivity index (χ2n) is 4.26.